The average molecular weight is 262 g/mol. The van der Waals surface area contributed by atoms with E-state index in [2.05, 4.69) is 21.2 Å². The highest BCUT2D eigenvalue weighted by atomic mass is 79.9. The molecule has 0 saturated heterocycles. The van der Waals surface area contributed by atoms with Gasteiger partial charge in [0.25, 0.3) is 0 Å². The van der Waals surface area contributed by atoms with Gasteiger partial charge >= 0.3 is 0 Å². The van der Waals surface area contributed by atoms with Crippen molar-refractivity contribution in [3.05, 3.63) is 34.1 Å². The Balaban J connectivity index is 2.59. The van der Waals surface area contributed by atoms with Crippen molar-refractivity contribution >= 4 is 15.9 Å². The molecule has 1 rings (SSSR count). The molecular weight excluding hydrogens is 249 g/mol. The maximum atomic E-state index is 13.3. The summed E-state index contributed by atoms with van der Waals surface area (Å²) in [6.07, 6.45) is 0. The highest BCUT2D eigenvalue weighted by Gasteiger charge is 2.04. The Bertz CT molecular complexity index is 306. The molecule has 0 radical (unpaired) electrons. The molecule has 1 unspecified atom stereocenters. The Morgan fingerprint density at radius 1 is 1.57 bits per heavy atom. The monoisotopic (exact) mass is 261 g/mol. The van der Waals surface area contributed by atoms with Gasteiger partial charge in [0.1, 0.15) is 5.82 Å². The van der Waals surface area contributed by atoms with Gasteiger partial charge in [0, 0.05) is 22.6 Å². The zero-order valence-electron chi connectivity index (χ0n) is 7.93. The molecule has 1 atom stereocenters. The molecule has 4 heteroatoms. The van der Waals surface area contributed by atoms with Gasteiger partial charge in [-0.25, -0.2) is 4.39 Å². The van der Waals surface area contributed by atoms with Crippen molar-refractivity contribution in [2.45, 2.75) is 19.5 Å². The summed E-state index contributed by atoms with van der Waals surface area (Å²) < 4.78 is 14.0. The van der Waals surface area contributed by atoms with Gasteiger partial charge in [-0.2, -0.15) is 0 Å². The summed E-state index contributed by atoms with van der Waals surface area (Å²) in [7, 11) is 0. The molecule has 0 fully saturated rings. The number of halogens is 2. The minimum atomic E-state index is -0.239. The van der Waals surface area contributed by atoms with Gasteiger partial charge in [-0.1, -0.05) is 22.0 Å². The lowest BCUT2D eigenvalue weighted by molar-refractivity contribution is 0.250. The zero-order chi connectivity index (χ0) is 10.6. The quantitative estimate of drug-likeness (QED) is 0.870. The molecule has 0 amide bonds. The molecule has 14 heavy (non-hydrogen) atoms. The van der Waals surface area contributed by atoms with Gasteiger partial charge in [-0.15, -0.1) is 0 Å². The first-order valence-corrected chi connectivity index (χ1v) is 5.21. The number of hydrogen-bond acceptors (Lipinski definition) is 2. The standard InChI is InChI=1S/C10H13BrFNO/c1-7(6-14)13-5-8-2-3-9(11)4-10(8)12/h2-4,7,13-14H,5-6H2,1H3. The molecular formula is C10H13BrFNO. The molecule has 0 saturated carbocycles. The van der Waals surface area contributed by atoms with Crippen LogP contribution in [0.2, 0.25) is 0 Å². The highest BCUT2D eigenvalue weighted by molar-refractivity contribution is 9.10. The molecule has 1 aromatic carbocycles. The summed E-state index contributed by atoms with van der Waals surface area (Å²) in [5.41, 5.74) is 0.605. The molecule has 0 aliphatic rings. The predicted octanol–water partition coefficient (Wildman–Crippen LogP) is 2.06. The van der Waals surface area contributed by atoms with E-state index in [1.165, 1.54) is 6.07 Å². The van der Waals surface area contributed by atoms with Crippen molar-refractivity contribution in [3.63, 3.8) is 0 Å². The van der Waals surface area contributed by atoms with Crippen molar-refractivity contribution in [1.82, 2.24) is 5.32 Å². The van der Waals surface area contributed by atoms with Crippen LogP contribution in [0.25, 0.3) is 0 Å². The molecule has 78 valence electrons. The number of aliphatic hydroxyl groups excluding tert-OH is 1. The molecule has 0 aliphatic heterocycles. The van der Waals surface area contributed by atoms with Gasteiger partial charge in [-0.05, 0) is 19.1 Å². The maximum absolute atomic E-state index is 13.3. The van der Waals surface area contributed by atoms with Crippen LogP contribution in [-0.2, 0) is 6.54 Å². The second-order valence-corrected chi connectivity index (χ2v) is 4.12. The second-order valence-electron chi connectivity index (χ2n) is 3.20. The van der Waals surface area contributed by atoms with Crippen molar-refractivity contribution < 1.29 is 9.50 Å². The molecule has 2 N–H and O–H groups in total. The van der Waals surface area contributed by atoms with Gasteiger partial charge in [0.15, 0.2) is 0 Å². The Morgan fingerprint density at radius 3 is 2.86 bits per heavy atom. The smallest absolute Gasteiger partial charge is 0.128 e. The van der Waals surface area contributed by atoms with E-state index in [4.69, 9.17) is 5.11 Å². The van der Waals surface area contributed by atoms with Crippen LogP contribution in [0.1, 0.15) is 12.5 Å². The third kappa shape index (κ3) is 3.36. The van der Waals surface area contributed by atoms with Gasteiger partial charge in [0.2, 0.25) is 0 Å². The molecule has 1 aromatic rings. The van der Waals surface area contributed by atoms with Gasteiger partial charge in [-0.3, -0.25) is 0 Å². The molecule has 0 aliphatic carbocycles. The minimum Gasteiger partial charge on any atom is -0.395 e. The van der Waals surface area contributed by atoms with Crippen molar-refractivity contribution in [2.75, 3.05) is 6.61 Å². The fourth-order valence-corrected chi connectivity index (χ4v) is 1.35. The van der Waals surface area contributed by atoms with Crippen LogP contribution in [0.15, 0.2) is 22.7 Å². The van der Waals surface area contributed by atoms with Crippen LogP contribution < -0.4 is 5.32 Å². The van der Waals surface area contributed by atoms with Crippen LogP contribution in [0.5, 0.6) is 0 Å². The normalized spacial score (nSPS) is 12.9. The van der Waals surface area contributed by atoms with Crippen LogP contribution >= 0.6 is 15.9 Å². The van der Waals surface area contributed by atoms with E-state index in [9.17, 15) is 4.39 Å². The van der Waals surface area contributed by atoms with E-state index in [0.29, 0.717) is 12.1 Å². The first kappa shape index (κ1) is 11.6. The summed E-state index contributed by atoms with van der Waals surface area (Å²) >= 11 is 3.19. The van der Waals surface area contributed by atoms with E-state index in [-0.39, 0.29) is 18.5 Å². The largest absolute Gasteiger partial charge is 0.395 e. The van der Waals surface area contributed by atoms with Crippen molar-refractivity contribution in [2.24, 2.45) is 0 Å². The van der Waals surface area contributed by atoms with E-state index in [1.807, 2.05) is 6.92 Å². The van der Waals surface area contributed by atoms with Gasteiger partial charge < -0.3 is 10.4 Å². The maximum Gasteiger partial charge on any atom is 0.128 e. The van der Waals surface area contributed by atoms with E-state index >= 15 is 0 Å². The summed E-state index contributed by atoms with van der Waals surface area (Å²) in [6, 6.07) is 4.93. The summed E-state index contributed by atoms with van der Waals surface area (Å²) in [4.78, 5) is 0. The molecule has 2 nitrogen and oxygen atoms in total. The number of aliphatic hydroxyl groups is 1. The first-order valence-electron chi connectivity index (χ1n) is 4.41. The molecule has 0 bridgehead atoms. The number of rotatable bonds is 4. The van der Waals surface area contributed by atoms with E-state index < -0.39 is 0 Å². The van der Waals surface area contributed by atoms with Crippen molar-refractivity contribution in [3.8, 4) is 0 Å². The number of benzene rings is 1. The minimum absolute atomic E-state index is 0.0157. The fraction of sp³-hybridized carbons (Fsp3) is 0.400. The second kappa shape index (κ2) is 5.44. The van der Waals surface area contributed by atoms with Crippen LogP contribution in [0.4, 0.5) is 4.39 Å². The zero-order valence-corrected chi connectivity index (χ0v) is 9.51. The first-order chi connectivity index (χ1) is 6.63. The van der Waals surface area contributed by atoms with Crippen LogP contribution in [0.3, 0.4) is 0 Å². The summed E-state index contributed by atoms with van der Waals surface area (Å²) in [6.45, 7) is 2.33. The Kier molecular flexibility index (Phi) is 4.51. The van der Waals surface area contributed by atoms with E-state index in [1.54, 1.807) is 12.1 Å². The lowest BCUT2D eigenvalue weighted by Crippen LogP contribution is -2.28. The highest BCUT2D eigenvalue weighted by Crippen LogP contribution is 2.15. The average Bonchev–Trinajstić information content (AvgIpc) is 2.16. The Morgan fingerprint density at radius 2 is 2.29 bits per heavy atom. The SMILES string of the molecule is CC(CO)NCc1ccc(Br)cc1F. The lowest BCUT2D eigenvalue weighted by atomic mass is 10.2. The topological polar surface area (TPSA) is 32.3 Å². The number of hydrogen-bond donors (Lipinski definition) is 2. The fourth-order valence-electron chi connectivity index (χ4n) is 1.01. The predicted molar refractivity (Wildman–Crippen MR) is 57.5 cm³/mol. The Labute approximate surface area is 91.3 Å². The van der Waals surface area contributed by atoms with E-state index in [0.717, 1.165) is 4.47 Å². The van der Waals surface area contributed by atoms with Gasteiger partial charge in [0.05, 0.1) is 6.61 Å². The summed E-state index contributed by atoms with van der Waals surface area (Å²) in [5.74, 6) is -0.239. The third-order valence-corrected chi connectivity index (χ3v) is 2.42. The van der Waals surface area contributed by atoms with Crippen molar-refractivity contribution in [1.29, 1.82) is 0 Å². The molecule has 0 heterocycles. The molecule has 0 spiro atoms. The third-order valence-electron chi connectivity index (χ3n) is 1.93. The Hall–Kier alpha value is -0.450. The summed E-state index contributed by atoms with van der Waals surface area (Å²) in [5, 5.41) is 11.8. The molecule has 0 aromatic heterocycles. The number of nitrogens with one attached hydrogen (secondary N) is 1. The van der Waals surface area contributed by atoms with Crippen LogP contribution in [0, 0.1) is 5.82 Å². The lowest BCUT2D eigenvalue weighted by Gasteiger charge is -2.11. The van der Waals surface area contributed by atoms with Crippen LogP contribution in [-0.4, -0.2) is 17.8 Å².